The van der Waals surface area contributed by atoms with Gasteiger partial charge in [-0.05, 0) is 32.1 Å². The van der Waals surface area contributed by atoms with Crippen molar-refractivity contribution >= 4 is 5.96 Å². The molecule has 1 aromatic rings. The minimum absolute atomic E-state index is 0.631. The number of ether oxygens (including phenoxy) is 1. The van der Waals surface area contributed by atoms with Crippen LogP contribution in [0.15, 0.2) is 4.99 Å². The fourth-order valence-electron chi connectivity index (χ4n) is 2.66. The van der Waals surface area contributed by atoms with Crippen LogP contribution in [0.3, 0.4) is 0 Å². The molecule has 1 aliphatic rings. The Morgan fingerprint density at radius 2 is 2.14 bits per heavy atom. The van der Waals surface area contributed by atoms with Crippen LogP contribution in [0.1, 0.15) is 30.9 Å². The summed E-state index contributed by atoms with van der Waals surface area (Å²) < 4.78 is 7.40. The lowest BCUT2D eigenvalue weighted by atomic mass is 9.96. The van der Waals surface area contributed by atoms with Crippen LogP contribution >= 0.6 is 0 Å². The summed E-state index contributed by atoms with van der Waals surface area (Å²) in [6.45, 7) is 5.40. The van der Waals surface area contributed by atoms with E-state index in [-0.39, 0.29) is 0 Å². The Hall–Kier alpha value is -1.63. The largest absolute Gasteiger partial charge is 0.381 e. The van der Waals surface area contributed by atoms with E-state index < -0.39 is 0 Å². The fraction of sp³-hybridized carbons (Fsp3) is 0.800. The number of aliphatic imine (C=N–C) groups is 1. The first-order valence-electron chi connectivity index (χ1n) is 7.96. The summed E-state index contributed by atoms with van der Waals surface area (Å²) in [6, 6.07) is 0. The highest BCUT2D eigenvalue weighted by Crippen LogP contribution is 2.18. The number of guanidine groups is 1. The lowest BCUT2D eigenvalue weighted by Gasteiger charge is -2.26. The second-order valence-corrected chi connectivity index (χ2v) is 5.89. The average molecular weight is 308 g/mol. The van der Waals surface area contributed by atoms with Gasteiger partial charge in [-0.1, -0.05) is 0 Å². The number of aromatic nitrogens is 3. The summed E-state index contributed by atoms with van der Waals surface area (Å²) in [5.41, 5.74) is 0. The topological polar surface area (TPSA) is 67.6 Å². The van der Waals surface area contributed by atoms with Crippen LogP contribution in [0.25, 0.3) is 0 Å². The normalized spacial score (nSPS) is 16.8. The van der Waals surface area contributed by atoms with E-state index in [4.69, 9.17) is 4.74 Å². The Balaban J connectivity index is 1.78. The number of rotatable bonds is 5. The molecule has 2 rings (SSSR count). The molecule has 124 valence electrons. The lowest BCUT2D eigenvalue weighted by molar-refractivity contribution is 0.0625. The third-order valence-electron chi connectivity index (χ3n) is 4.37. The Bertz CT molecular complexity index is 492. The van der Waals surface area contributed by atoms with Crippen molar-refractivity contribution in [3.8, 4) is 0 Å². The molecule has 0 aromatic carbocycles. The van der Waals surface area contributed by atoms with Gasteiger partial charge in [0.25, 0.3) is 0 Å². The fourth-order valence-corrected chi connectivity index (χ4v) is 2.66. The van der Waals surface area contributed by atoms with Crippen molar-refractivity contribution in [2.45, 2.75) is 32.7 Å². The van der Waals surface area contributed by atoms with Crippen molar-refractivity contribution in [3.63, 3.8) is 0 Å². The first-order chi connectivity index (χ1) is 10.6. The Kier molecular flexibility index (Phi) is 6.18. The summed E-state index contributed by atoms with van der Waals surface area (Å²) in [6.07, 6.45) is 3.54. The molecule has 0 aliphatic carbocycles. The summed E-state index contributed by atoms with van der Waals surface area (Å²) in [5, 5.41) is 11.6. The second-order valence-electron chi connectivity index (χ2n) is 5.89. The zero-order valence-electron chi connectivity index (χ0n) is 14.2. The summed E-state index contributed by atoms with van der Waals surface area (Å²) >= 11 is 0. The number of hydrogen-bond acceptors (Lipinski definition) is 4. The van der Waals surface area contributed by atoms with Gasteiger partial charge in [-0.15, -0.1) is 10.2 Å². The molecule has 1 N–H and O–H groups in total. The van der Waals surface area contributed by atoms with Gasteiger partial charge in [0.05, 0.1) is 6.54 Å². The van der Waals surface area contributed by atoms with Gasteiger partial charge >= 0.3 is 0 Å². The number of nitrogens with one attached hydrogen (secondary N) is 1. The van der Waals surface area contributed by atoms with Gasteiger partial charge in [0.15, 0.2) is 11.8 Å². The third-order valence-corrected chi connectivity index (χ3v) is 4.37. The number of hydrogen-bond donors (Lipinski definition) is 1. The van der Waals surface area contributed by atoms with Crippen molar-refractivity contribution in [1.29, 1.82) is 0 Å². The molecule has 1 fully saturated rings. The molecule has 0 unspecified atom stereocenters. The highest BCUT2D eigenvalue weighted by Gasteiger charge is 2.15. The third kappa shape index (κ3) is 4.43. The Morgan fingerprint density at radius 1 is 1.41 bits per heavy atom. The van der Waals surface area contributed by atoms with Gasteiger partial charge in [-0.25, -0.2) is 0 Å². The van der Waals surface area contributed by atoms with E-state index in [0.29, 0.717) is 6.54 Å². The minimum atomic E-state index is 0.631. The van der Waals surface area contributed by atoms with Gasteiger partial charge in [-0.3, -0.25) is 4.99 Å². The van der Waals surface area contributed by atoms with Crippen molar-refractivity contribution in [3.05, 3.63) is 11.6 Å². The quantitative estimate of drug-likeness (QED) is 0.648. The van der Waals surface area contributed by atoms with Gasteiger partial charge in [0.2, 0.25) is 0 Å². The van der Waals surface area contributed by atoms with Crippen molar-refractivity contribution in [2.24, 2.45) is 18.0 Å². The van der Waals surface area contributed by atoms with Crippen LogP contribution in [-0.2, 0) is 18.3 Å². The molecule has 0 atom stereocenters. The van der Waals surface area contributed by atoms with E-state index in [1.807, 2.05) is 25.6 Å². The standard InChI is InChI=1S/C15H28N6O/c1-12-18-19-14(21(12)4)11-17-15(16-2)20(3)8-5-13-6-9-22-10-7-13/h13H,5-11H2,1-4H3,(H,16,17). The van der Waals surface area contributed by atoms with E-state index in [1.54, 1.807) is 0 Å². The Morgan fingerprint density at radius 3 is 2.73 bits per heavy atom. The molecule has 0 saturated carbocycles. The SMILES string of the molecule is CN=C(NCc1nnc(C)n1C)N(C)CCC1CCOCC1. The van der Waals surface area contributed by atoms with Crippen LogP contribution in [0.2, 0.25) is 0 Å². The average Bonchev–Trinajstić information content (AvgIpc) is 2.86. The highest BCUT2D eigenvalue weighted by atomic mass is 16.5. The van der Waals surface area contributed by atoms with E-state index >= 15 is 0 Å². The Labute approximate surface area is 132 Å². The zero-order valence-corrected chi connectivity index (χ0v) is 14.2. The van der Waals surface area contributed by atoms with E-state index in [2.05, 4.69) is 32.5 Å². The monoisotopic (exact) mass is 308 g/mol. The summed E-state index contributed by atoms with van der Waals surface area (Å²) in [5.74, 6) is 3.50. The lowest BCUT2D eigenvalue weighted by Crippen LogP contribution is -2.40. The smallest absolute Gasteiger partial charge is 0.193 e. The molecular formula is C15H28N6O. The predicted octanol–water partition coefficient (Wildman–Crippen LogP) is 0.947. The second kappa shape index (κ2) is 8.12. The zero-order chi connectivity index (χ0) is 15.9. The minimum Gasteiger partial charge on any atom is -0.381 e. The van der Waals surface area contributed by atoms with Crippen molar-refractivity contribution < 1.29 is 4.74 Å². The molecule has 2 heterocycles. The predicted molar refractivity (Wildman–Crippen MR) is 86.7 cm³/mol. The van der Waals surface area contributed by atoms with Crippen LogP contribution in [-0.4, -0.2) is 59.5 Å². The van der Waals surface area contributed by atoms with Gasteiger partial charge < -0.3 is 19.5 Å². The molecule has 7 heteroatoms. The molecule has 1 aromatic heterocycles. The summed E-state index contributed by atoms with van der Waals surface area (Å²) in [4.78, 5) is 6.53. The van der Waals surface area contributed by atoms with E-state index in [0.717, 1.165) is 43.3 Å². The van der Waals surface area contributed by atoms with E-state index in [9.17, 15) is 0 Å². The van der Waals surface area contributed by atoms with Gasteiger partial charge in [-0.2, -0.15) is 0 Å². The van der Waals surface area contributed by atoms with Crippen LogP contribution in [0, 0.1) is 12.8 Å². The maximum atomic E-state index is 5.41. The first-order valence-corrected chi connectivity index (χ1v) is 7.96. The molecular weight excluding hydrogens is 280 g/mol. The van der Waals surface area contributed by atoms with Crippen LogP contribution in [0.5, 0.6) is 0 Å². The maximum Gasteiger partial charge on any atom is 0.193 e. The highest BCUT2D eigenvalue weighted by molar-refractivity contribution is 5.79. The number of aryl methyl sites for hydroxylation is 1. The molecule has 22 heavy (non-hydrogen) atoms. The molecule has 0 spiro atoms. The molecule has 0 amide bonds. The summed E-state index contributed by atoms with van der Waals surface area (Å²) in [7, 11) is 5.87. The molecule has 0 bridgehead atoms. The molecule has 1 saturated heterocycles. The van der Waals surface area contributed by atoms with E-state index in [1.165, 1.54) is 19.3 Å². The molecule has 7 nitrogen and oxygen atoms in total. The van der Waals surface area contributed by atoms with Crippen molar-refractivity contribution in [1.82, 2.24) is 25.0 Å². The van der Waals surface area contributed by atoms with Crippen LogP contribution < -0.4 is 5.32 Å². The van der Waals surface area contributed by atoms with Gasteiger partial charge in [0.1, 0.15) is 5.82 Å². The van der Waals surface area contributed by atoms with Gasteiger partial charge in [0, 0.05) is 40.9 Å². The van der Waals surface area contributed by atoms with Crippen LogP contribution in [0.4, 0.5) is 0 Å². The maximum absolute atomic E-state index is 5.41. The molecule has 1 aliphatic heterocycles. The number of nitrogens with zero attached hydrogens (tertiary/aromatic N) is 5. The van der Waals surface area contributed by atoms with Crippen molar-refractivity contribution in [2.75, 3.05) is 33.9 Å². The first kappa shape index (κ1) is 16.7. The molecule has 0 radical (unpaired) electrons.